The molecule has 2 aromatic heterocycles. The summed E-state index contributed by atoms with van der Waals surface area (Å²) >= 11 is 14.3. The third-order valence-corrected chi connectivity index (χ3v) is 4.90. The second-order valence-corrected chi connectivity index (χ2v) is 7.34. The van der Waals surface area contributed by atoms with Gasteiger partial charge in [-0.05, 0) is 24.4 Å². The monoisotopic (exact) mass is 321 g/mol. The Hall–Kier alpha value is -0.470. The molecular formula is C10H14ClN4S3+. The van der Waals surface area contributed by atoms with Crippen LogP contribution < -0.4 is 10.2 Å². The molecule has 98 valence electrons. The topological polar surface area (TPSA) is 34.3 Å². The fourth-order valence-electron chi connectivity index (χ4n) is 1.56. The number of halogens is 1. The Morgan fingerprint density at radius 2 is 2.28 bits per heavy atom. The van der Waals surface area contributed by atoms with E-state index < -0.39 is 0 Å². The van der Waals surface area contributed by atoms with Crippen molar-refractivity contribution in [2.75, 3.05) is 19.4 Å². The molecule has 2 rings (SSSR count). The Morgan fingerprint density at radius 1 is 1.50 bits per heavy atom. The fraction of sp³-hybridized carbons (Fsp3) is 0.400. The highest BCUT2D eigenvalue weighted by molar-refractivity contribution is 7.73. The van der Waals surface area contributed by atoms with Gasteiger partial charge in [0.05, 0.1) is 16.3 Å². The molecule has 0 saturated carbocycles. The van der Waals surface area contributed by atoms with Crippen molar-refractivity contribution in [2.45, 2.75) is 13.2 Å². The Bertz CT molecular complexity index is 574. The van der Waals surface area contributed by atoms with Crippen LogP contribution in [0, 0.1) is 3.95 Å². The van der Waals surface area contributed by atoms with E-state index in [0.717, 1.165) is 26.6 Å². The van der Waals surface area contributed by atoms with E-state index in [1.807, 2.05) is 17.8 Å². The van der Waals surface area contributed by atoms with Crippen LogP contribution in [0.25, 0.3) is 0 Å². The van der Waals surface area contributed by atoms with Crippen LogP contribution in [0.4, 0.5) is 5.13 Å². The van der Waals surface area contributed by atoms with E-state index >= 15 is 0 Å². The summed E-state index contributed by atoms with van der Waals surface area (Å²) in [7, 11) is 3.97. The second-order valence-electron chi connectivity index (χ2n) is 3.92. The van der Waals surface area contributed by atoms with Gasteiger partial charge in [0, 0.05) is 7.05 Å². The minimum atomic E-state index is 0.756. The summed E-state index contributed by atoms with van der Waals surface area (Å²) in [6.45, 7) is 1.68. The standard InChI is InChI=1S/C10H13ClN4S3/c1-12-9-13-15(10(16)18-9)6-14(2)5-7-3-4-8(11)17-7/h3-4H,5-6H2,1-2H3,(H,12,13)/p+1. The van der Waals surface area contributed by atoms with Crippen molar-refractivity contribution in [1.82, 2.24) is 9.78 Å². The van der Waals surface area contributed by atoms with E-state index in [9.17, 15) is 0 Å². The lowest BCUT2D eigenvalue weighted by Gasteiger charge is -2.12. The Morgan fingerprint density at radius 3 is 2.83 bits per heavy atom. The second kappa shape index (κ2) is 6.12. The smallest absolute Gasteiger partial charge is 0.204 e. The molecule has 0 aliphatic carbocycles. The average Bonchev–Trinajstić information content (AvgIpc) is 2.86. The lowest BCUT2D eigenvalue weighted by molar-refractivity contribution is -0.917. The number of anilines is 1. The molecule has 0 aliphatic rings. The fourth-order valence-corrected chi connectivity index (χ4v) is 3.72. The molecule has 4 nitrogen and oxygen atoms in total. The first kappa shape index (κ1) is 14.0. The van der Waals surface area contributed by atoms with Gasteiger partial charge in [-0.25, -0.2) is 0 Å². The van der Waals surface area contributed by atoms with Gasteiger partial charge in [0.2, 0.25) is 5.13 Å². The molecule has 1 atom stereocenters. The van der Waals surface area contributed by atoms with Crippen LogP contribution >= 0.6 is 46.5 Å². The number of hydrogen-bond acceptors (Lipinski definition) is 5. The Labute approximate surface area is 124 Å². The minimum Gasteiger partial charge on any atom is -0.363 e. The molecule has 8 heteroatoms. The molecule has 0 aliphatic heterocycles. The molecule has 2 aromatic rings. The molecule has 2 heterocycles. The maximum atomic E-state index is 5.92. The summed E-state index contributed by atoms with van der Waals surface area (Å²) in [6.07, 6.45) is 0. The van der Waals surface area contributed by atoms with Gasteiger partial charge in [-0.15, -0.1) is 16.4 Å². The highest BCUT2D eigenvalue weighted by atomic mass is 35.5. The molecule has 2 N–H and O–H groups in total. The van der Waals surface area contributed by atoms with E-state index in [1.54, 1.807) is 11.3 Å². The van der Waals surface area contributed by atoms with E-state index in [-0.39, 0.29) is 0 Å². The van der Waals surface area contributed by atoms with Gasteiger partial charge in [0.25, 0.3) is 0 Å². The highest BCUT2D eigenvalue weighted by Gasteiger charge is 2.09. The van der Waals surface area contributed by atoms with Crippen molar-refractivity contribution in [1.29, 1.82) is 0 Å². The predicted molar refractivity (Wildman–Crippen MR) is 80.4 cm³/mol. The summed E-state index contributed by atoms with van der Waals surface area (Å²) in [4.78, 5) is 2.59. The van der Waals surface area contributed by atoms with Gasteiger partial charge in [0.1, 0.15) is 6.54 Å². The zero-order chi connectivity index (χ0) is 13.1. The third-order valence-electron chi connectivity index (χ3n) is 2.34. The van der Waals surface area contributed by atoms with Gasteiger partial charge in [-0.2, -0.15) is 4.68 Å². The normalized spacial score (nSPS) is 12.6. The van der Waals surface area contributed by atoms with E-state index in [2.05, 4.69) is 23.5 Å². The van der Waals surface area contributed by atoms with Crippen LogP contribution in [0.1, 0.15) is 4.88 Å². The minimum absolute atomic E-state index is 0.756. The predicted octanol–water partition coefficient (Wildman–Crippen LogP) is 2.10. The van der Waals surface area contributed by atoms with Gasteiger partial charge in [-0.3, -0.25) is 0 Å². The van der Waals surface area contributed by atoms with Crippen molar-refractivity contribution in [3.63, 3.8) is 0 Å². The molecule has 0 amide bonds. The molecule has 0 bridgehead atoms. The van der Waals surface area contributed by atoms with E-state index in [4.69, 9.17) is 23.8 Å². The summed E-state index contributed by atoms with van der Waals surface area (Å²) in [5.74, 6) is 0. The molecule has 0 radical (unpaired) electrons. The zero-order valence-electron chi connectivity index (χ0n) is 10.1. The van der Waals surface area contributed by atoms with Crippen LogP contribution in [-0.4, -0.2) is 23.9 Å². The maximum absolute atomic E-state index is 5.92. The lowest BCUT2D eigenvalue weighted by Crippen LogP contribution is -3.06. The van der Waals surface area contributed by atoms with Gasteiger partial charge in [0.15, 0.2) is 10.6 Å². The molecule has 0 fully saturated rings. The highest BCUT2D eigenvalue weighted by Crippen LogP contribution is 2.20. The maximum Gasteiger partial charge on any atom is 0.204 e. The Balaban J connectivity index is 2.00. The summed E-state index contributed by atoms with van der Waals surface area (Å²) in [5.41, 5.74) is 0. The molecule has 0 saturated heterocycles. The number of aromatic nitrogens is 2. The van der Waals surface area contributed by atoms with Crippen molar-refractivity contribution < 1.29 is 4.90 Å². The summed E-state index contributed by atoms with van der Waals surface area (Å²) in [6, 6.07) is 4.00. The molecule has 0 spiro atoms. The van der Waals surface area contributed by atoms with Crippen molar-refractivity contribution in [3.8, 4) is 0 Å². The first-order valence-electron chi connectivity index (χ1n) is 5.39. The largest absolute Gasteiger partial charge is 0.363 e. The van der Waals surface area contributed by atoms with Gasteiger partial charge in [-0.1, -0.05) is 22.9 Å². The van der Waals surface area contributed by atoms with Crippen LogP contribution in [0.15, 0.2) is 12.1 Å². The van der Waals surface area contributed by atoms with Crippen molar-refractivity contribution in [2.24, 2.45) is 0 Å². The summed E-state index contributed by atoms with van der Waals surface area (Å²) < 4.78 is 3.49. The third kappa shape index (κ3) is 3.52. The molecule has 18 heavy (non-hydrogen) atoms. The number of quaternary nitrogens is 1. The van der Waals surface area contributed by atoms with Gasteiger partial charge < -0.3 is 10.2 Å². The molecule has 1 unspecified atom stereocenters. The first-order valence-corrected chi connectivity index (χ1v) is 7.81. The summed E-state index contributed by atoms with van der Waals surface area (Å²) in [5, 5.41) is 8.25. The van der Waals surface area contributed by atoms with Crippen molar-refractivity contribution >= 4 is 51.6 Å². The quantitative estimate of drug-likeness (QED) is 0.828. The number of hydrogen-bond donors (Lipinski definition) is 2. The number of nitrogens with one attached hydrogen (secondary N) is 2. The SMILES string of the molecule is CNc1nn(C[NH+](C)Cc2ccc(Cl)s2)c(=S)s1. The van der Waals surface area contributed by atoms with Crippen LogP contribution in [0.2, 0.25) is 4.34 Å². The van der Waals surface area contributed by atoms with E-state index in [1.165, 1.54) is 21.1 Å². The van der Waals surface area contributed by atoms with Crippen molar-refractivity contribution in [3.05, 3.63) is 25.3 Å². The first-order chi connectivity index (χ1) is 8.58. The van der Waals surface area contributed by atoms with Crippen LogP contribution in [-0.2, 0) is 13.2 Å². The van der Waals surface area contributed by atoms with Gasteiger partial charge >= 0.3 is 0 Å². The van der Waals surface area contributed by atoms with Crippen LogP contribution in [0.5, 0.6) is 0 Å². The van der Waals surface area contributed by atoms with Crippen LogP contribution in [0.3, 0.4) is 0 Å². The lowest BCUT2D eigenvalue weighted by atomic mass is 10.4. The average molecular weight is 322 g/mol. The number of rotatable bonds is 5. The molecule has 0 aromatic carbocycles. The Kier molecular flexibility index (Phi) is 4.74. The number of thiophene rings is 1. The van der Waals surface area contributed by atoms with E-state index in [0.29, 0.717) is 0 Å². The number of nitrogens with zero attached hydrogens (tertiary/aromatic N) is 2. The zero-order valence-corrected chi connectivity index (χ0v) is 13.3. The molecular weight excluding hydrogens is 308 g/mol.